The van der Waals surface area contributed by atoms with Crippen LogP contribution in [0.15, 0.2) is 35.4 Å². The summed E-state index contributed by atoms with van der Waals surface area (Å²) < 4.78 is 0. The van der Waals surface area contributed by atoms with E-state index in [0.717, 1.165) is 13.1 Å². The Morgan fingerprint density at radius 1 is 1.19 bits per heavy atom. The molecule has 4 heterocycles. The van der Waals surface area contributed by atoms with Gasteiger partial charge in [0.15, 0.2) is 0 Å². The van der Waals surface area contributed by atoms with Crippen molar-refractivity contribution in [1.82, 2.24) is 9.91 Å². The van der Waals surface area contributed by atoms with Crippen LogP contribution in [0.4, 0.5) is 0 Å². The molecule has 21 heavy (non-hydrogen) atoms. The Morgan fingerprint density at radius 2 is 1.90 bits per heavy atom. The summed E-state index contributed by atoms with van der Waals surface area (Å²) in [5.41, 5.74) is 2.46. The lowest BCUT2D eigenvalue weighted by atomic mass is 9.78. The van der Waals surface area contributed by atoms with Gasteiger partial charge < -0.3 is 0 Å². The largest absolute Gasteiger partial charge is 0.293 e. The Kier molecular flexibility index (Phi) is 3.07. The van der Waals surface area contributed by atoms with Gasteiger partial charge in [-0.15, -0.1) is 0 Å². The average molecular weight is 283 g/mol. The highest BCUT2D eigenvalue weighted by Gasteiger charge is 2.50. The van der Waals surface area contributed by atoms with Crippen LogP contribution in [0.3, 0.4) is 0 Å². The Hall–Kier alpha value is -1.68. The van der Waals surface area contributed by atoms with Gasteiger partial charge in [-0.1, -0.05) is 37.3 Å². The summed E-state index contributed by atoms with van der Waals surface area (Å²) in [5, 5.41) is 6.55. The summed E-state index contributed by atoms with van der Waals surface area (Å²) in [6.07, 6.45) is 2.91. The Morgan fingerprint density at radius 3 is 2.57 bits per heavy atom. The van der Waals surface area contributed by atoms with Crippen LogP contribution in [-0.2, 0) is 4.79 Å². The van der Waals surface area contributed by atoms with Crippen molar-refractivity contribution in [3.8, 4) is 0 Å². The zero-order valence-corrected chi connectivity index (χ0v) is 12.4. The number of fused-ring (bicyclic) bond motifs is 2. The summed E-state index contributed by atoms with van der Waals surface area (Å²) in [7, 11) is 0. The summed E-state index contributed by atoms with van der Waals surface area (Å²) in [6, 6.07) is 10.8. The summed E-state index contributed by atoms with van der Waals surface area (Å²) >= 11 is 0. The van der Waals surface area contributed by atoms with Gasteiger partial charge >= 0.3 is 0 Å². The lowest BCUT2D eigenvalue weighted by Gasteiger charge is -2.46. The van der Waals surface area contributed by atoms with Crippen LogP contribution < -0.4 is 0 Å². The molecule has 3 saturated heterocycles. The van der Waals surface area contributed by atoms with Crippen molar-refractivity contribution in [2.24, 2.45) is 11.0 Å². The number of benzene rings is 1. The highest BCUT2D eigenvalue weighted by atomic mass is 16.2. The van der Waals surface area contributed by atoms with Gasteiger partial charge in [0, 0.05) is 12.3 Å². The molecule has 1 amide bonds. The van der Waals surface area contributed by atoms with Crippen molar-refractivity contribution >= 4 is 11.6 Å². The van der Waals surface area contributed by atoms with Gasteiger partial charge in [-0.3, -0.25) is 9.69 Å². The number of hydrazone groups is 1. The molecule has 2 bridgehead atoms. The van der Waals surface area contributed by atoms with Crippen LogP contribution >= 0.6 is 0 Å². The summed E-state index contributed by atoms with van der Waals surface area (Å²) in [5.74, 6) is 0.715. The van der Waals surface area contributed by atoms with E-state index in [0.29, 0.717) is 18.4 Å². The third kappa shape index (κ3) is 1.93. The van der Waals surface area contributed by atoms with Crippen LogP contribution in [0.25, 0.3) is 0 Å². The maximum absolute atomic E-state index is 12.4. The van der Waals surface area contributed by atoms with E-state index in [4.69, 9.17) is 5.10 Å². The average Bonchev–Trinajstić information content (AvgIpc) is 2.98. The second kappa shape index (κ2) is 4.95. The number of rotatable bonds is 2. The second-order valence-electron chi connectivity index (χ2n) is 6.23. The quantitative estimate of drug-likeness (QED) is 0.835. The Balaban J connectivity index is 1.77. The lowest BCUT2D eigenvalue weighted by molar-refractivity contribution is -0.133. The first-order valence-corrected chi connectivity index (χ1v) is 7.99. The van der Waals surface area contributed by atoms with Crippen molar-refractivity contribution < 1.29 is 4.79 Å². The van der Waals surface area contributed by atoms with Crippen molar-refractivity contribution in [1.29, 1.82) is 0 Å². The molecule has 1 aromatic rings. The molecule has 4 aliphatic rings. The van der Waals surface area contributed by atoms with E-state index in [9.17, 15) is 4.79 Å². The third-order valence-electron chi connectivity index (χ3n) is 5.13. The maximum atomic E-state index is 12.4. The molecule has 0 spiro atoms. The van der Waals surface area contributed by atoms with E-state index in [1.54, 1.807) is 5.01 Å². The van der Waals surface area contributed by atoms with Crippen molar-refractivity contribution in [3.05, 3.63) is 35.9 Å². The number of nitrogens with zero attached hydrogens (tertiary/aromatic N) is 3. The van der Waals surface area contributed by atoms with Gasteiger partial charge in [0.2, 0.25) is 5.91 Å². The van der Waals surface area contributed by atoms with E-state index in [2.05, 4.69) is 29.2 Å². The first kappa shape index (κ1) is 13.0. The third-order valence-corrected chi connectivity index (χ3v) is 5.13. The van der Waals surface area contributed by atoms with Gasteiger partial charge in [-0.05, 0) is 31.5 Å². The molecule has 4 aliphatic heterocycles. The number of piperidine rings is 3. The maximum Gasteiger partial charge on any atom is 0.243 e. The lowest BCUT2D eigenvalue weighted by Crippen LogP contribution is -2.56. The molecule has 2 atom stereocenters. The molecule has 0 radical (unpaired) electrons. The first-order valence-electron chi connectivity index (χ1n) is 7.99. The Labute approximate surface area is 125 Å². The van der Waals surface area contributed by atoms with Gasteiger partial charge in [0.05, 0.1) is 11.8 Å². The minimum Gasteiger partial charge on any atom is -0.293 e. The van der Waals surface area contributed by atoms with Crippen LogP contribution in [0.2, 0.25) is 0 Å². The Bertz CT molecular complexity index is 575. The van der Waals surface area contributed by atoms with Gasteiger partial charge in [-0.2, -0.15) is 5.10 Å². The summed E-state index contributed by atoms with van der Waals surface area (Å²) in [4.78, 5) is 14.9. The molecule has 4 heteroatoms. The van der Waals surface area contributed by atoms with Crippen molar-refractivity contribution in [2.75, 3.05) is 13.1 Å². The molecule has 4 nitrogen and oxygen atoms in total. The minimum absolute atomic E-state index is 0.0664. The fraction of sp³-hybridized carbons (Fsp3) is 0.529. The normalized spacial score (nSPS) is 33.8. The monoisotopic (exact) mass is 283 g/mol. The van der Waals surface area contributed by atoms with Gasteiger partial charge in [0.25, 0.3) is 0 Å². The van der Waals surface area contributed by atoms with E-state index >= 15 is 0 Å². The SMILES string of the molecule is CCC(=O)N1N=C2C3CCN(CC3)[C@@H]2[C@@H]1c1ccccc1. The number of carbonyl (C=O) groups is 1. The van der Waals surface area contributed by atoms with Gasteiger partial charge in [-0.25, -0.2) is 5.01 Å². The molecule has 0 saturated carbocycles. The topological polar surface area (TPSA) is 35.9 Å². The molecule has 0 aliphatic carbocycles. The standard InChI is InChI=1S/C17H21N3O/c1-2-14(21)20-16(13-6-4-3-5-7-13)17-15(18-20)12-8-10-19(17)11-9-12/h3-7,12,16-17H,2,8-11H2,1H3/t16-,17-/m0/s1. The highest BCUT2D eigenvalue weighted by Crippen LogP contribution is 2.43. The number of amides is 1. The first-order chi connectivity index (χ1) is 10.3. The van der Waals surface area contributed by atoms with E-state index in [-0.39, 0.29) is 11.9 Å². The molecule has 0 aromatic heterocycles. The zero-order valence-electron chi connectivity index (χ0n) is 12.4. The molecular formula is C17H21N3O. The zero-order chi connectivity index (χ0) is 14.4. The molecule has 3 fully saturated rings. The molecule has 0 unspecified atom stereocenters. The predicted octanol–water partition coefficient (Wildman–Crippen LogP) is 2.43. The van der Waals surface area contributed by atoms with Crippen molar-refractivity contribution in [2.45, 2.75) is 38.3 Å². The molecular weight excluding hydrogens is 262 g/mol. The molecule has 1 aromatic carbocycles. The van der Waals surface area contributed by atoms with Crippen LogP contribution in [0, 0.1) is 5.92 Å². The highest BCUT2D eigenvalue weighted by molar-refractivity contribution is 5.97. The number of hydrogen-bond acceptors (Lipinski definition) is 3. The number of carbonyl (C=O) groups excluding carboxylic acids is 1. The van der Waals surface area contributed by atoms with E-state index in [1.807, 2.05) is 13.0 Å². The minimum atomic E-state index is 0.0664. The second-order valence-corrected chi connectivity index (χ2v) is 6.23. The van der Waals surface area contributed by atoms with E-state index in [1.165, 1.54) is 24.1 Å². The number of hydrogen-bond donors (Lipinski definition) is 0. The van der Waals surface area contributed by atoms with Crippen LogP contribution in [0.1, 0.15) is 37.8 Å². The van der Waals surface area contributed by atoms with Crippen LogP contribution in [0.5, 0.6) is 0 Å². The molecule has 0 N–H and O–H groups in total. The van der Waals surface area contributed by atoms with E-state index < -0.39 is 0 Å². The molecule has 110 valence electrons. The smallest absolute Gasteiger partial charge is 0.243 e. The molecule has 5 rings (SSSR count). The van der Waals surface area contributed by atoms with Gasteiger partial charge in [0.1, 0.15) is 6.04 Å². The van der Waals surface area contributed by atoms with Crippen molar-refractivity contribution in [3.63, 3.8) is 0 Å². The van der Waals surface area contributed by atoms with Crippen LogP contribution in [-0.4, -0.2) is 40.7 Å². The fourth-order valence-corrected chi connectivity index (χ4v) is 4.07. The predicted molar refractivity (Wildman–Crippen MR) is 81.8 cm³/mol. The summed E-state index contributed by atoms with van der Waals surface area (Å²) in [6.45, 7) is 4.21. The fourth-order valence-electron chi connectivity index (χ4n) is 4.07.